The van der Waals surface area contributed by atoms with Crippen LogP contribution in [0, 0.1) is 0 Å². The van der Waals surface area contributed by atoms with E-state index in [0.29, 0.717) is 5.82 Å². The number of ether oxygens (including phenoxy) is 1. The molecule has 1 amide bonds. The molecule has 8 heteroatoms. The molecule has 0 spiro atoms. The Kier molecular flexibility index (Phi) is 4.45. The van der Waals surface area contributed by atoms with Crippen molar-refractivity contribution in [1.29, 1.82) is 0 Å². The Morgan fingerprint density at radius 2 is 2.32 bits per heavy atom. The summed E-state index contributed by atoms with van der Waals surface area (Å²) in [5, 5.41) is 12.2. The minimum atomic E-state index is -0.414. The predicted octanol–water partition coefficient (Wildman–Crippen LogP) is -0.399. The van der Waals surface area contributed by atoms with Gasteiger partial charge in [0.05, 0.1) is 13.2 Å². The Labute approximate surface area is 110 Å². The average molecular weight is 267 g/mol. The van der Waals surface area contributed by atoms with Crippen LogP contribution in [0.3, 0.4) is 0 Å². The van der Waals surface area contributed by atoms with Gasteiger partial charge >= 0.3 is 5.97 Å². The summed E-state index contributed by atoms with van der Waals surface area (Å²) in [7, 11) is 1.30. The topological polar surface area (TPSA) is 109 Å². The summed E-state index contributed by atoms with van der Waals surface area (Å²) in [5.74, 6) is -0.0266. The molecule has 0 aromatic carbocycles. The molecule has 1 unspecified atom stereocenters. The fraction of sp³-hybridized carbons (Fsp3) is 0.636. The molecule has 1 aliphatic heterocycles. The first-order valence-corrected chi connectivity index (χ1v) is 6.21. The van der Waals surface area contributed by atoms with Crippen LogP contribution in [-0.4, -0.2) is 46.8 Å². The Morgan fingerprint density at radius 1 is 1.47 bits per heavy atom. The van der Waals surface area contributed by atoms with Gasteiger partial charge in [0, 0.05) is 0 Å². The minimum absolute atomic E-state index is 0.00104. The first kappa shape index (κ1) is 13.5. The van der Waals surface area contributed by atoms with Crippen LogP contribution in [0.5, 0.6) is 0 Å². The Bertz CT molecular complexity index is 453. The zero-order chi connectivity index (χ0) is 13.7. The van der Waals surface area contributed by atoms with Crippen LogP contribution in [0.25, 0.3) is 0 Å². The Hall–Kier alpha value is -1.96. The molecule has 2 rings (SSSR count). The molecule has 0 aliphatic carbocycles. The van der Waals surface area contributed by atoms with Gasteiger partial charge in [0.15, 0.2) is 0 Å². The lowest BCUT2D eigenvalue weighted by atomic mass is 10.0. The largest absolute Gasteiger partial charge is 0.469 e. The molecule has 3 N–H and O–H groups in total. The van der Waals surface area contributed by atoms with Gasteiger partial charge in [-0.3, -0.25) is 20.0 Å². The van der Waals surface area contributed by atoms with E-state index >= 15 is 0 Å². The molecule has 0 saturated carbocycles. The molecule has 0 radical (unpaired) electrons. The van der Waals surface area contributed by atoms with Gasteiger partial charge < -0.3 is 10.1 Å². The molecule has 1 fully saturated rings. The third kappa shape index (κ3) is 3.75. The van der Waals surface area contributed by atoms with Gasteiger partial charge in [0.2, 0.25) is 11.9 Å². The summed E-state index contributed by atoms with van der Waals surface area (Å²) >= 11 is 0. The van der Waals surface area contributed by atoms with E-state index in [2.05, 4.69) is 30.6 Å². The monoisotopic (exact) mass is 267 g/mol. The second kappa shape index (κ2) is 6.28. The van der Waals surface area contributed by atoms with Crippen molar-refractivity contribution in [2.75, 3.05) is 19.0 Å². The maximum absolute atomic E-state index is 11.9. The molecule has 19 heavy (non-hydrogen) atoms. The average Bonchev–Trinajstić information content (AvgIpc) is 2.86. The lowest BCUT2D eigenvalue weighted by Gasteiger charge is -2.21. The number of piperidine rings is 1. The van der Waals surface area contributed by atoms with E-state index in [1.54, 1.807) is 0 Å². The lowest BCUT2D eigenvalue weighted by Crippen LogP contribution is -2.43. The number of esters is 1. The van der Waals surface area contributed by atoms with Gasteiger partial charge in [-0.2, -0.15) is 4.98 Å². The zero-order valence-electron chi connectivity index (χ0n) is 10.7. The maximum Gasteiger partial charge on any atom is 0.313 e. The number of anilines is 1. The molecule has 1 saturated heterocycles. The second-order valence-corrected chi connectivity index (χ2v) is 4.35. The van der Waals surface area contributed by atoms with Gasteiger partial charge in [-0.05, 0) is 19.4 Å². The maximum atomic E-state index is 11.9. The van der Waals surface area contributed by atoms with Crippen LogP contribution in [-0.2, 0) is 20.7 Å². The molecule has 1 aromatic heterocycles. The van der Waals surface area contributed by atoms with Crippen molar-refractivity contribution in [3.63, 3.8) is 0 Å². The lowest BCUT2D eigenvalue weighted by molar-refractivity contribution is -0.139. The molecule has 2 heterocycles. The molecule has 0 bridgehead atoms. The summed E-state index contributed by atoms with van der Waals surface area (Å²) in [5.41, 5.74) is 0. The van der Waals surface area contributed by atoms with E-state index < -0.39 is 5.97 Å². The van der Waals surface area contributed by atoms with Crippen LogP contribution in [0.2, 0.25) is 0 Å². The molecular formula is C11H17N5O3. The quantitative estimate of drug-likeness (QED) is 0.640. The smallest absolute Gasteiger partial charge is 0.313 e. The number of nitrogens with zero attached hydrogens (tertiary/aromatic N) is 2. The summed E-state index contributed by atoms with van der Waals surface area (Å²) in [6.07, 6.45) is 2.94. The fourth-order valence-corrected chi connectivity index (χ4v) is 1.91. The van der Waals surface area contributed by atoms with Gasteiger partial charge in [-0.25, -0.2) is 0 Å². The van der Waals surface area contributed by atoms with Crippen molar-refractivity contribution in [2.45, 2.75) is 31.7 Å². The second-order valence-electron chi connectivity index (χ2n) is 4.35. The van der Waals surface area contributed by atoms with E-state index in [-0.39, 0.29) is 24.3 Å². The van der Waals surface area contributed by atoms with Crippen molar-refractivity contribution < 1.29 is 14.3 Å². The van der Waals surface area contributed by atoms with Gasteiger partial charge in [-0.15, -0.1) is 5.10 Å². The molecule has 1 atom stereocenters. The number of aromatic nitrogens is 3. The highest BCUT2D eigenvalue weighted by molar-refractivity contribution is 5.93. The highest BCUT2D eigenvalue weighted by Crippen LogP contribution is 2.09. The summed E-state index contributed by atoms with van der Waals surface area (Å²) in [6.45, 7) is 0.847. The van der Waals surface area contributed by atoms with Crippen molar-refractivity contribution >= 4 is 17.8 Å². The standard InChI is InChI=1S/C11H17N5O3/c1-19-9(17)6-8-13-11(16-15-8)14-10(18)7-4-2-3-5-12-7/h7,12H,2-6H2,1H3,(H2,13,14,15,16,18). The van der Waals surface area contributed by atoms with Gasteiger partial charge in [0.1, 0.15) is 12.2 Å². The predicted molar refractivity (Wildman–Crippen MR) is 66.4 cm³/mol. The van der Waals surface area contributed by atoms with Gasteiger partial charge in [0.25, 0.3) is 0 Å². The number of nitrogens with one attached hydrogen (secondary N) is 3. The van der Waals surface area contributed by atoms with Crippen molar-refractivity contribution in [1.82, 2.24) is 20.5 Å². The van der Waals surface area contributed by atoms with Crippen molar-refractivity contribution in [3.05, 3.63) is 5.82 Å². The third-order valence-corrected chi connectivity index (χ3v) is 2.93. The Balaban J connectivity index is 1.88. The van der Waals surface area contributed by atoms with Gasteiger partial charge in [-0.1, -0.05) is 6.42 Å². The first-order chi connectivity index (χ1) is 9.19. The molecule has 1 aliphatic rings. The van der Waals surface area contributed by atoms with E-state index in [9.17, 15) is 9.59 Å². The molecule has 1 aromatic rings. The Morgan fingerprint density at radius 3 is 3.00 bits per heavy atom. The summed E-state index contributed by atoms with van der Waals surface area (Å²) < 4.78 is 4.52. The van der Waals surface area contributed by atoms with E-state index in [4.69, 9.17) is 0 Å². The van der Waals surface area contributed by atoms with E-state index in [1.807, 2.05) is 0 Å². The molecule has 8 nitrogen and oxygen atoms in total. The molecule has 104 valence electrons. The SMILES string of the molecule is COC(=O)Cc1nc(NC(=O)C2CCCCN2)n[nH]1. The highest BCUT2D eigenvalue weighted by atomic mass is 16.5. The number of carbonyl (C=O) groups is 2. The fourth-order valence-electron chi connectivity index (χ4n) is 1.91. The van der Waals surface area contributed by atoms with Crippen LogP contribution in [0.4, 0.5) is 5.95 Å². The van der Waals surface area contributed by atoms with Crippen LogP contribution < -0.4 is 10.6 Å². The van der Waals surface area contributed by atoms with Crippen LogP contribution >= 0.6 is 0 Å². The van der Waals surface area contributed by atoms with E-state index in [0.717, 1.165) is 25.8 Å². The first-order valence-electron chi connectivity index (χ1n) is 6.21. The zero-order valence-corrected chi connectivity index (χ0v) is 10.7. The van der Waals surface area contributed by atoms with Crippen LogP contribution in [0.15, 0.2) is 0 Å². The third-order valence-electron chi connectivity index (χ3n) is 2.93. The number of aromatic amines is 1. The summed E-state index contributed by atoms with van der Waals surface area (Å²) in [4.78, 5) is 27.0. The van der Waals surface area contributed by atoms with Crippen molar-refractivity contribution in [3.8, 4) is 0 Å². The molecular weight excluding hydrogens is 250 g/mol. The minimum Gasteiger partial charge on any atom is -0.469 e. The number of carbonyl (C=O) groups excluding carboxylic acids is 2. The van der Waals surface area contributed by atoms with Crippen molar-refractivity contribution in [2.24, 2.45) is 0 Å². The number of hydrogen-bond acceptors (Lipinski definition) is 6. The van der Waals surface area contributed by atoms with Crippen LogP contribution in [0.1, 0.15) is 25.1 Å². The number of methoxy groups -OCH3 is 1. The summed E-state index contributed by atoms with van der Waals surface area (Å²) in [6, 6.07) is -0.198. The normalized spacial score (nSPS) is 18.9. The number of rotatable bonds is 4. The van der Waals surface area contributed by atoms with E-state index in [1.165, 1.54) is 7.11 Å². The number of H-pyrrole nitrogens is 1. The number of hydrogen-bond donors (Lipinski definition) is 3. The number of amides is 1. The highest BCUT2D eigenvalue weighted by Gasteiger charge is 2.21.